The summed E-state index contributed by atoms with van der Waals surface area (Å²) in [6.45, 7) is 1.81. The molecule has 7 heteroatoms. The van der Waals surface area contributed by atoms with E-state index < -0.39 is 0 Å². The van der Waals surface area contributed by atoms with Gasteiger partial charge in [0.25, 0.3) is 5.91 Å². The van der Waals surface area contributed by atoms with Gasteiger partial charge in [-0.2, -0.15) is 5.10 Å². The van der Waals surface area contributed by atoms with Gasteiger partial charge in [0.05, 0.1) is 0 Å². The van der Waals surface area contributed by atoms with Gasteiger partial charge in [-0.25, -0.2) is 14.6 Å². The summed E-state index contributed by atoms with van der Waals surface area (Å²) >= 11 is 0. The van der Waals surface area contributed by atoms with E-state index in [1.54, 1.807) is 51.1 Å². The van der Waals surface area contributed by atoms with E-state index in [2.05, 4.69) is 20.4 Å². The molecule has 0 aliphatic carbocycles. The molecule has 2 heterocycles. The minimum atomic E-state index is -0.140. The fourth-order valence-corrected chi connectivity index (χ4v) is 1.59. The molecule has 1 amide bonds. The van der Waals surface area contributed by atoms with Gasteiger partial charge in [-0.3, -0.25) is 4.79 Å². The molecule has 19 heavy (non-hydrogen) atoms. The second-order valence-electron chi connectivity index (χ2n) is 4.25. The Kier molecular flexibility index (Phi) is 3.46. The highest BCUT2D eigenvalue weighted by molar-refractivity contribution is 5.91. The lowest BCUT2D eigenvalue weighted by molar-refractivity contribution is 0.0821. The number of hydrogen-bond donors (Lipinski definition) is 1. The molecule has 0 fully saturated rings. The minimum Gasteiger partial charge on any atom is -0.373 e. The van der Waals surface area contributed by atoms with E-state index in [1.807, 2.05) is 0 Å². The summed E-state index contributed by atoms with van der Waals surface area (Å²) in [4.78, 5) is 21.8. The van der Waals surface area contributed by atoms with Gasteiger partial charge in [0.2, 0.25) is 0 Å². The number of aromatic nitrogens is 4. The second kappa shape index (κ2) is 5.05. The first-order valence-corrected chi connectivity index (χ1v) is 5.82. The number of carbonyl (C=O) groups excluding carboxylic acids is 1. The Morgan fingerprint density at radius 1 is 1.37 bits per heavy atom. The Hall–Kier alpha value is -2.44. The van der Waals surface area contributed by atoms with Gasteiger partial charge in [0.1, 0.15) is 11.6 Å². The van der Waals surface area contributed by atoms with Crippen LogP contribution in [0.15, 0.2) is 18.3 Å². The maximum atomic E-state index is 11.8. The summed E-state index contributed by atoms with van der Waals surface area (Å²) in [5, 5.41) is 7.18. The quantitative estimate of drug-likeness (QED) is 0.879. The summed E-state index contributed by atoms with van der Waals surface area (Å²) in [6, 6.07) is 3.43. The van der Waals surface area contributed by atoms with Crippen LogP contribution < -0.4 is 5.32 Å². The van der Waals surface area contributed by atoms with Crippen molar-refractivity contribution in [3.05, 3.63) is 29.8 Å². The first-order chi connectivity index (χ1) is 9.01. The molecule has 2 rings (SSSR count). The lowest BCUT2D eigenvalue weighted by Gasteiger charge is -2.07. The van der Waals surface area contributed by atoms with Gasteiger partial charge >= 0.3 is 0 Å². The van der Waals surface area contributed by atoms with E-state index in [1.165, 1.54) is 4.90 Å². The van der Waals surface area contributed by atoms with Crippen molar-refractivity contribution in [2.24, 2.45) is 0 Å². The number of carbonyl (C=O) groups is 1. The Morgan fingerprint density at radius 2 is 2.11 bits per heavy atom. The molecule has 0 unspecified atom stereocenters. The number of anilines is 1. The molecule has 2 aromatic rings. The lowest BCUT2D eigenvalue weighted by Crippen LogP contribution is -2.22. The Bertz CT molecular complexity index is 604. The number of nitrogens with one attached hydrogen (secondary N) is 1. The smallest absolute Gasteiger partial charge is 0.273 e. The van der Waals surface area contributed by atoms with Crippen molar-refractivity contribution in [1.29, 1.82) is 0 Å². The Balaban J connectivity index is 2.37. The number of rotatable bonds is 3. The largest absolute Gasteiger partial charge is 0.373 e. The molecular weight excluding hydrogens is 244 g/mol. The average Bonchev–Trinajstić information content (AvgIpc) is 2.86. The van der Waals surface area contributed by atoms with E-state index in [9.17, 15) is 4.79 Å². The van der Waals surface area contributed by atoms with Crippen LogP contribution in [-0.2, 0) is 0 Å². The Morgan fingerprint density at radius 3 is 2.74 bits per heavy atom. The summed E-state index contributed by atoms with van der Waals surface area (Å²) in [5.74, 6) is 1.82. The van der Waals surface area contributed by atoms with Gasteiger partial charge in [-0.15, -0.1) is 0 Å². The van der Waals surface area contributed by atoms with Gasteiger partial charge < -0.3 is 10.2 Å². The highest BCUT2D eigenvalue weighted by Gasteiger charge is 2.12. The molecule has 0 bridgehead atoms. The summed E-state index contributed by atoms with van der Waals surface area (Å²) in [5.41, 5.74) is 0.382. The van der Waals surface area contributed by atoms with Crippen LogP contribution in [0.4, 0.5) is 5.82 Å². The molecule has 0 saturated carbocycles. The molecule has 0 atom stereocenters. The SMILES string of the molecule is CNc1cc(-n2ccc(C(=O)N(C)C)n2)nc(C)n1. The van der Waals surface area contributed by atoms with Crippen LogP contribution in [0.3, 0.4) is 0 Å². The van der Waals surface area contributed by atoms with Crippen molar-refractivity contribution in [1.82, 2.24) is 24.6 Å². The van der Waals surface area contributed by atoms with Crippen molar-refractivity contribution >= 4 is 11.7 Å². The zero-order chi connectivity index (χ0) is 14.0. The van der Waals surface area contributed by atoms with Crippen molar-refractivity contribution in [2.45, 2.75) is 6.92 Å². The van der Waals surface area contributed by atoms with Crippen LogP contribution >= 0.6 is 0 Å². The highest BCUT2D eigenvalue weighted by Crippen LogP contribution is 2.11. The van der Waals surface area contributed by atoms with Crippen LogP contribution in [0.2, 0.25) is 0 Å². The van der Waals surface area contributed by atoms with Crippen LogP contribution in [0, 0.1) is 6.92 Å². The highest BCUT2D eigenvalue weighted by atomic mass is 16.2. The molecule has 1 N–H and O–H groups in total. The van der Waals surface area contributed by atoms with Crippen molar-refractivity contribution in [3.8, 4) is 5.82 Å². The zero-order valence-electron chi connectivity index (χ0n) is 11.4. The fourth-order valence-electron chi connectivity index (χ4n) is 1.59. The van der Waals surface area contributed by atoms with E-state index in [0.717, 1.165) is 0 Å². The number of aryl methyl sites for hydroxylation is 1. The first-order valence-electron chi connectivity index (χ1n) is 5.82. The molecule has 0 aromatic carbocycles. The molecule has 0 radical (unpaired) electrons. The monoisotopic (exact) mass is 260 g/mol. The average molecular weight is 260 g/mol. The van der Waals surface area contributed by atoms with E-state index >= 15 is 0 Å². The fraction of sp³-hybridized carbons (Fsp3) is 0.333. The molecular formula is C12H16N6O. The first kappa shape index (κ1) is 13.0. The lowest BCUT2D eigenvalue weighted by atomic mass is 10.4. The number of hydrogen-bond acceptors (Lipinski definition) is 5. The Labute approximate surface area is 111 Å². The van der Waals surface area contributed by atoms with Gasteiger partial charge in [0.15, 0.2) is 11.5 Å². The summed E-state index contributed by atoms with van der Waals surface area (Å²) in [7, 11) is 5.17. The third kappa shape index (κ3) is 2.70. The van der Waals surface area contributed by atoms with Crippen molar-refractivity contribution in [2.75, 3.05) is 26.5 Å². The third-order valence-electron chi connectivity index (χ3n) is 2.53. The van der Waals surface area contributed by atoms with Crippen LogP contribution in [0.25, 0.3) is 5.82 Å². The zero-order valence-corrected chi connectivity index (χ0v) is 11.4. The van der Waals surface area contributed by atoms with E-state index in [-0.39, 0.29) is 5.91 Å². The maximum absolute atomic E-state index is 11.8. The van der Waals surface area contributed by atoms with Crippen LogP contribution in [0.5, 0.6) is 0 Å². The van der Waals surface area contributed by atoms with Crippen LogP contribution in [0.1, 0.15) is 16.3 Å². The topological polar surface area (TPSA) is 75.9 Å². The molecule has 0 aliphatic rings. The van der Waals surface area contributed by atoms with E-state index in [0.29, 0.717) is 23.2 Å². The predicted octanol–water partition coefficient (Wildman–Crippen LogP) is 0.714. The number of nitrogens with zero attached hydrogens (tertiary/aromatic N) is 5. The summed E-state index contributed by atoms with van der Waals surface area (Å²) < 4.78 is 1.56. The maximum Gasteiger partial charge on any atom is 0.273 e. The standard InChI is InChI=1S/C12H16N6O/c1-8-14-10(13-2)7-11(15-8)18-6-5-9(16-18)12(19)17(3)4/h5-7H,1-4H3,(H,13,14,15). The summed E-state index contributed by atoms with van der Waals surface area (Å²) in [6.07, 6.45) is 1.71. The molecule has 0 spiro atoms. The predicted molar refractivity (Wildman–Crippen MR) is 71.5 cm³/mol. The molecule has 0 aliphatic heterocycles. The normalized spacial score (nSPS) is 10.3. The van der Waals surface area contributed by atoms with Crippen LogP contribution in [-0.4, -0.2) is 51.7 Å². The van der Waals surface area contributed by atoms with Gasteiger partial charge in [-0.05, 0) is 13.0 Å². The van der Waals surface area contributed by atoms with E-state index in [4.69, 9.17) is 0 Å². The molecule has 100 valence electrons. The van der Waals surface area contributed by atoms with Crippen molar-refractivity contribution in [3.63, 3.8) is 0 Å². The third-order valence-corrected chi connectivity index (χ3v) is 2.53. The second-order valence-corrected chi connectivity index (χ2v) is 4.25. The van der Waals surface area contributed by atoms with Gasteiger partial charge in [0, 0.05) is 33.4 Å². The molecule has 2 aromatic heterocycles. The molecule has 0 saturated heterocycles. The molecule has 7 nitrogen and oxygen atoms in total. The number of amides is 1. The van der Waals surface area contributed by atoms with Crippen molar-refractivity contribution < 1.29 is 4.79 Å². The van der Waals surface area contributed by atoms with Gasteiger partial charge in [-0.1, -0.05) is 0 Å². The minimum absolute atomic E-state index is 0.140.